The summed E-state index contributed by atoms with van der Waals surface area (Å²) in [6, 6.07) is -0.658. The van der Waals surface area contributed by atoms with Crippen molar-refractivity contribution < 1.29 is 19.4 Å². The topological polar surface area (TPSA) is 78.9 Å². The van der Waals surface area contributed by atoms with E-state index in [2.05, 4.69) is 5.32 Å². The molecule has 0 radical (unpaired) electrons. The van der Waals surface area contributed by atoms with E-state index in [1.165, 1.54) is 4.90 Å². The van der Waals surface area contributed by atoms with Crippen LogP contribution in [0.4, 0.5) is 4.79 Å². The molecule has 0 aliphatic carbocycles. The van der Waals surface area contributed by atoms with Crippen LogP contribution in [0.25, 0.3) is 0 Å². The van der Waals surface area contributed by atoms with Crippen LogP contribution in [0, 0.1) is 11.3 Å². The van der Waals surface area contributed by atoms with Gasteiger partial charge in [-0.3, -0.25) is 4.79 Å². The molecule has 2 amide bonds. The van der Waals surface area contributed by atoms with Gasteiger partial charge in [-0.05, 0) is 5.41 Å². The van der Waals surface area contributed by atoms with Crippen LogP contribution in [-0.4, -0.2) is 54.9 Å². The number of amides is 2. The van der Waals surface area contributed by atoms with Crippen molar-refractivity contribution in [3.05, 3.63) is 0 Å². The maximum Gasteiger partial charge on any atom is 0.317 e. The van der Waals surface area contributed by atoms with Crippen LogP contribution >= 0.6 is 0 Å². The number of hydrogen-bond acceptors (Lipinski definition) is 3. The number of nitrogens with one attached hydrogen (secondary N) is 1. The van der Waals surface area contributed by atoms with Gasteiger partial charge in [-0.1, -0.05) is 20.8 Å². The first-order chi connectivity index (χ1) is 8.22. The molecule has 1 fully saturated rings. The fraction of sp³-hybridized carbons (Fsp3) is 0.833. The minimum atomic E-state index is -0.923. The molecule has 104 valence electrons. The Kier molecular flexibility index (Phi) is 4.56. The van der Waals surface area contributed by atoms with Crippen LogP contribution in [0.3, 0.4) is 0 Å². The molecule has 1 saturated heterocycles. The Labute approximate surface area is 107 Å². The molecule has 0 spiro atoms. The summed E-state index contributed by atoms with van der Waals surface area (Å²) < 4.78 is 5.15. The zero-order valence-electron chi connectivity index (χ0n) is 11.4. The van der Waals surface area contributed by atoms with Crippen molar-refractivity contribution in [3.63, 3.8) is 0 Å². The van der Waals surface area contributed by atoms with E-state index < -0.39 is 17.9 Å². The molecule has 1 aliphatic heterocycles. The number of hydrogen-bond donors (Lipinski definition) is 2. The van der Waals surface area contributed by atoms with Gasteiger partial charge in [0.05, 0.1) is 19.3 Å². The summed E-state index contributed by atoms with van der Waals surface area (Å²) in [4.78, 5) is 24.4. The summed E-state index contributed by atoms with van der Waals surface area (Å²) in [6.45, 7) is 7.04. The van der Waals surface area contributed by atoms with Crippen molar-refractivity contribution in [3.8, 4) is 0 Å². The molecule has 0 aromatic rings. The van der Waals surface area contributed by atoms with Crippen LogP contribution in [0.2, 0.25) is 0 Å². The third-order valence-electron chi connectivity index (χ3n) is 2.96. The van der Waals surface area contributed by atoms with Gasteiger partial charge in [0.2, 0.25) is 0 Å². The molecule has 1 heterocycles. The minimum Gasteiger partial charge on any atom is -0.481 e. The molecule has 6 heteroatoms. The van der Waals surface area contributed by atoms with Gasteiger partial charge in [0.25, 0.3) is 0 Å². The van der Waals surface area contributed by atoms with Gasteiger partial charge < -0.3 is 20.1 Å². The molecule has 0 aromatic carbocycles. The molecule has 0 saturated carbocycles. The second kappa shape index (κ2) is 5.56. The van der Waals surface area contributed by atoms with E-state index in [0.717, 1.165) is 0 Å². The monoisotopic (exact) mass is 258 g/mol. The minimum absolute atomic E-state index is 0.00508. The summed E-state index contributed by atoms with van der Waals surface area (Å²) in [7, 11) is 1.60. The maximum absolute atomic E-state index is 11.9. The number of urea groups is 1. The van der Waals surface area contributed by atoms with Gasteiger partial charge in [0, 0.05) is 13.6 Å². The summed E-state index contributed by atoms with van der Waals surface area (Å²) in [5.74, 6) is -1.57. The Morgan fingerprint density at radius 1 is 1.39 bits per heavy atom. The third kappa shape index (κ3) is 3.87. The molecule has 6 nitrogen and oxygen atoms in total. The Balaban J connectivity index is 2.55. The predicted octanol–water partition coefficient (Wildman–Crippen LogP) is 0.773. The van der Waals surface area contributed by atoms with Gasteiger partial charge in [-0.2, -0.15) is 0 Å². The van der Waals surface area contributed by atoms with E-state index in [0.29, 0.717) is 6.54 Å². The van der Waals surface area contributed by atoms with E-state index in [1.807, 2.05) is 20.8 Å². The van der Waals surface area contributed by atoms with Crippen molar-refractivity contribution >= 4 is 12.0 Å². The molecule has 2 atom stereocenters. The van der Waals surface area contributed by atoms with Gasteiger partial charge in [0.15, 0.2) is 0 Å². The molecular formula is C12H22N2O4. The van der Waals surface area contributed by atoms with Crippen molar-refractivity contribution in [1.82, 2.24) is 10.2 Å². The first-order valence-electron chi connectivity index (χ1n) is 6.03. The highest BCUT2D eigenvalue weighted by atomic mass is 16.5. The second-order valence-corrected chi connectivity index (χ2v) is 5.88. The first-order valence-corrected chi connectivity index (χ1v) is 6.03. The van der Waals surface area contributed by atoms with E-state index >= 15 is 0 Å². The average Bonchev–Trinajstić information content (AvgIpc) is 2.72. The third-order valence-corrected chi connectivity index (χ3v) is 2.96. The first kappa shape index (κ1) is 14.8. The van der Waals surface area contributed by atoms with Crippen molar-refractivity contribution in [2.24, 2.45) is 11.3 Å². The number of ether oxygens (including phenoxy) is 1. The zero-order valence-corrected chi connectivity index (χ0v) is 11.4. The van der Waals surface area contributed by atoms with E-state index in [4.69, 9.17) is 9.84 Å². The van der Waals surface area contributed by atoms with Crippen LogP contribution in [0.15, 0.2) is 0 Å². The highest BCUT2D eigenvalue weighted by Gasteiger charge is 2.38. The van der Waals surface area contributed by atoms with Crippen molar-refractivity contribution in [1.29, 1.82) is 0 Å². The summed E-state index contributed by atoms with van der Waals surface area (Å²) >= 11 is 0. The molecule has 0 aromatic heterocycles. The highest BCUT2D eigenvalue weighted by Crippen LogP contribution is 2.19. The largest absolute Gasteiger partial charge is 0.481 e. The normalized spacial score (nSPS) is 23.8. The standard InChI is InChI=1S/C12H22N2O4/c1-12(2,3)7-13-11(17)14(4)9-6-18-5-8(9)10(15)16/h8-9H,5-7H2,1-4H3,(H,13,17)(H,15,16). The summed E-state index contributed by atoms with van der Waals surface area (Å²) in [6.07, 6.45) is 0. The summed E-state index contributed by atoms with van der Waals surface area (Å²) in [5.41, 5.74) is -0.00508. The van der Waals surface area contributed by atoms with Crippen LogP contribution in [-0.2, 0) is 9.53 Å². The van der Waals surface area contributed by atoms with Crippen LogP contribution in [0.1, 0.15) is 20.8 Å². The molecule has 2 N–H and O–H groups in total. The average molecular weight is 258 g/mol. The number of rotatable bonds is 3. The lowest BCUT2D eigenvalue weighted by Gasteiger charge is -2.28. The zero-order chi connectivity index (χ0) is 13.9. The van der Waals surface area contributed by atoms with E-state index in [1.54, 1.807) is 7.05 Å². The van der Waals surface area contributed by atoms with Crippen molar-refractivity contribution in [2.75, 3.05) is 26.8 Å². The van der Waals surface area contributed by atoms with Gasteiger partial charge >= 0.3 is 12.0 Å². The summed E-state index contributed by atoms with van der Waals surface area (Å²) in [5, 5.41) is 11.8. The number of aliphatic carboxylic acids is 1. The maximum atomic E-state index is 11.9. The van der Waals surface area contributed by atoms with Gasteiger partial charge in [-0.25, -0.2) is 4.79 Å². The SMILES string of the molecule is CN(C(=O)NCC(C)(C)C)C1COCC1C(=O)O. The van der Waals surface area contributed by atoms with E-state index in [-0.39, 0.29) is 24.7 Å². The molecule has 1 aliphatic rings. The Bertz CT molecular complexity index is 325. The van der Waals surface area contributed by atoms with Crippen LogP contribution < -0.4 is 5.32 Å². The lowest BCUT2D eigenvalue weighted by Crippen LogP contribution is -2.49. The smallest absolute Gasteiger partial charge is 0.317 e. The predicted molar refractivity (Wildman–Crippen MR) is 66.3 cm³/mol. The number of nitrogens with zero attached hydrogens (tertiary/aromatic N) is 1. The lowest BCUT2D eigenvalue weighted by atomic mass is 9.97. The molecule has 0 bridgehead atoms. The Morgan fingerprint density at radius 2 is 2.00 bits per heavy atom. The number of carbonyl (C=O) groups is 2. The Hall–Kier alpha value is -1.30. The second-order valence-electron chi connectivity index (χ2n) is 5.88. The van der Waals surface area contributed by atoms with Gasteiger partial charge in [-0.15, -0.1) is 0 Å². The molecular weight excluding hydrogens is 236 g/mol. The van der Waals surface area contributed by atoms with Gasteiger partial charge in [0.1, 0.15) is 5.92 Å². The number of carboxylic acids is 1. The molecule has 1 rings (SSSR count). The van der Waals surface area contributed by atoms with E-state index in [9.17, 15) is 9.59 Å². The van der Waals surface area contributed by atoms with Crippen LogP contribution in [0.5, 0.6) is 0 Å². The molecule has 18 heavy (non-hydrogen) atoms. The fourth-order valence-electron chi connectivity index (χ4n) is 1.78. The number of carboxylic acid groups (broad SMARTS) is 1. The highest BCUT2D eigenvalue weighted by molar-refractivity contribution is 5.77. The number of carbonyl (C=O) groups excluding carboxylic acids is 1. The molecule has 2 unspecified atom stereocenters. The Morgan fingerprint density at radius 3 is 2.50 bits per heavy atom. The lowest BCUT2D eigenvalue weighted by molar-refractivity contribution is -0.142. The number of likely N-dealkylation sites (N-methyl/N-ethyl adjacent to an activating group) is 1. The fourth-order valence-corrected chi connectivity index (χ4v) is 1.78. The quantitative estimate of drug-likeness (QED) is 0.784. The van der Waals surface area contributed by atoms with Crippen molar-refractivity contribution in [2.45, 2.75) is 26.8 Å².